The first kappa shape index (κ1) is 15.9. The molecule has 0 spiro atoms. The minimum Gasteiger partial charge on any atom is -0.481 e. The summed E-state index contributed by atoms with van der Waals surface area (Å²) >= 11 is 0. The summed E-state index contributed by atoms with van der Waals surface area (Å²) in [5.74, 6) is 0.0905. The summed E-state index contributed by atoms with van der Waals surface area (Å²) in [6, 6.07) is 4.32. The molecule has 0 aliphatic carbocycles. The molecule has 0 radical (unpaired) electrons. The minimum absolute atomic E-state index is 0.127. The zero-order chi connectivity index (χ0) is 16.3. The number of alkyl carbamates (subject to hydrolysis) is 1. The molecule has 1 heterocycles. The molecule has 1 unspecified atom stereocenters. The largest absolute Gasteiger partial charge is 0.481 e. The molecule has 0 fully saturated rings. The Hall–Kier alpha value is -2.44. The van der Waals surface area contributed by atoms with Gasteiger partial charge >= 0.3 is 12.1 Å². The lowest BCUT2D eigenvalue weighted by Gasteiger charge is -2.23. The molecule has 120 valence electrons. The van der Waals surface area contributed by atoms with Crippen LogP contribution in [-0.4, -0.2) is 29.6 Å². The van der Waals surface area contributed by atoms with Crippen LogP contribution in [0.25, 0.3) is 0 Å². The van der Waals surface area contributed by atoms with E-state index < -0.39 is 23.7 Å². The van der Waals surface area contributed by atoms with Crippen molar-refractivity contribution in [2.45, 2.75) is 38.8 Å². The van der Waals surface area contributed by atoms with Crippen LogP contribution in [0.3, 0.4) is 0 Å². The van der Waals surface area contributed by atoms with E-state index in [1.165, 1.54) is 0 Å². The van der Waals surface area contributed by atoms with Crippen LogP contribution in [0.1, 0.15) is 38.8 Å². The highest BCUT2D eigenvalue weighted by Gasteiger charge is 2.24. The number of rotatable bonds is 4. The lowest BCUT2D eigenvalue weighted by atomic mass is 10.0. The molecular weight excluding hydrogens is 290 g/mol. The van der Waals surface area contributed by atoms with Gasteiger partial charge in [-0.15, -0.1) is 0 Å². The molecule has 1 aromatic carbocycles. The van der Waals surface area contributed by atoms with Crippen LogP contribution in [0.4, 0.5) is 4.79 Å². The fourth-order valence-electron chi connectivity index (χ4n) is 2.01. The number of carboxylic acids is 1. The summed E-state index contributed by atoms with van der Waals surface area (Å²) in [5, 5.41) is 11.6. The molecule has 22 heavy (non-hydrogen) atoms. The van der Waals surface area contributed by atoms with E-state index in [-0.39, 0.29) is 13.2 Å². The van der Waals surface area contributed by atoms with Gasteiger partial charge in [0.05, 0.1) is 12.5 Å². The third kappa shape index (κ3) is 4.28. The van der Waals surface area contributed by atoms with Crippen LogP contribution in [0.2, 0.25) is 0 Å². The molecule has 2 rings (SSSR count). The van der Waals surface area contributed by atoms with Gasteiger partial charge in [-0.1, -0.05) is 6.07 Å². The fraction of sp³-hybridized carbons (Fsp3) is 0.467. The first-order valence-electron chi connectivity index (χ1n) is 6.85. The second-order valence-electron chi connectivity index (χ2n) is 5.91. The summed E-state index contributed by atoms with van der Waals surface area (Å²) in [6.07, 6.45) is -0.935. The fourth-order valence-corrected chi connectivity index (χ4v) is 2.01. The Morgan fingerprint density at radius 2 is 2.00 bits per heavy atom. The third-order valence-corrected chi connectivity index (χ3v) is 2.87. The maximum atomic E-state index is 11.9. The van der Waals surface area contributed by atoms with E-state index in [1.54, 1.807) is 39.0 Å². The van der Waals surface area contributed by atoms with E-state index in [1.807, 2.05) is 0 Å². The Morgan fingerprint density at radius 1 is 1.32 bits per heavy atom. The van der Waals surface area contributed by atoms with Crippen LogP contribution in [0.15, 0.2) is 18.2 Å². The molecule has 1 aromatic rings. The number of aliphatic carboxylic acids is 1. The van der Waals surface area contributed by atoms with E-state index >= 15 is 0 Å². The molecular formula is C15H19NO6. The number of carbonyl (C=O) groups is 2. The van der Waals surface area contributed by atoms with E-state index in [4.69, 9.17) is 19.3 Å². The highest BCUT2D eigenvalue weighted by molar-refractivity contribution is 5.72. The van der Waals surface area contributed by atoms with Gasteiger partial charge < -0.3 is 24.6 Å². The molecule has 1 amide bonds. The van der Waals surface area contributed by atoms with Crippen LogP contribution >= 0.6 is 0 Å². The van der Waals surface area contributed by atoms with E-state index in [0.29, 0.717) is 17.1 Å². The lowest BCUT2D eigenvalue weighted by molar-refractivity contribution is -0.137. The van der Waals surface area contributed by atoms with Gasteiger partial charge in [-0.2, -0.15) is 0 Å². The maximum absolute atomic E-state index is 11.9. The van der Waals surface area contributed by atoms with Crippen molar-refractivity contribution in [3.8, 4) is 11.5 Å². The van der Waals surface area contributed by atoms with Gasteiger partial charge in [0.25, 0.3) is 0 Å². The number of carboxylic acid groups (broad SMARTS) is 1. The predicted molar refractivity (Wildman–Crippen MR) is 76.9 cm³/mol. The molecule has 7 heteroatoms. The average Bonchev–Trinajstić information content (AvgIpc) is 2.81. The average molecular weight is 309 g/mol. The number of ether oxygens (including phenoxy) is 3. The van der Waals surface area contributed by atoms with E-state index in [9.17, 15) is 9.59 Å². The number of carbonyl (C=O) groups excluding carboxylic acids is 1. The van der Waals surface area contributed by atoms with Crippen molar-refractivity contribution in [1.29, 1.82) is 0 Å². The predicted octanol–water partition coefficient (Wildman–Crippen LogP) is 2.46. The zero-order valence-corrected chi connectivity index (χ0v) is 12.7. The summed E-state index contributed by atoms with van der Waals surface area (Å²) in [4.78, 5) is 22.9. The monoisotopic (exact) mass is 309 g/mol. The van der Waals surface area contributed by atoms with Crippen molar-refractivity contribution in [3.05, 3.63) is 23.8 Å². The molecule has 7 nitrogen and oxygen atoms in total. The van der Waals surface area contributed by atoms with Gasteiger partial charge in [0.2, 0.25) is 6.79 Å². The van der Waals surface area contributed by atoms with Gasteiger partial charge in [0.1, 0.15) is 5.60 Å². The summed E-state index contributed by atoms with van der Waals surface area (Å²) < 4.78 is 15.6. The Balaban J connectivity index is 2.15. The molecule has 0 bridgehead atoms. The van der Waals surface area contributed by atoms with Crippen molar-refractivity contribution >= 4 is 12.1 Å². The van der Waals surface area contributed by atoms with Crippen molar-refractivity contribution in [2.24, 2.45) is 0 Å². The Morgan fingerprint density at radius 3 is 2.64 bits per heavy atom. The number of nitrogens with one attached hydrogen (secondary N) is 1. The molecule has 0 aromatic heterocycles. The van der Waals surface area contributed by atoms with Gasteiger partial charge in [-0.3, -0.25) is 4.79 Å². The molecule has 1 aliphatic heterocycles. The van der Waals surface area contributed by atoms with Crippen molar-refractivity contribution in [1.82, 2.24) is 5.32 Å². The second kappa shape index (κ2) is 6.13. The van der Waals surface area contributed by atoms with Crippen molar-refractivity contribution < 1.29 is 28.9 Å². The zero-order valence-electron chi connectivity index (χ0n) is 12.7. The molecule has 0 saturated heterocycles. The van der Waals surface area contributed by atoms with Crippen LogP contribution in [-0.2, 0) is 9.53 Å². The summed E-state index contributed by atoms with van der Waals surface area (Å²) in [6.45, 7) is 5.33. The van der Waals surface area contributed by atoms with Crippen molar-refractivity contribution in [2.75, 3.05) is 6.79 Å². The highest BCUT2D eigenvalue weighted by atomic mass is 16.7. The molecule has 1 aliphatic rings. The standard InChI is InChI=1S/C15H19NO6/c1-15(2,3)22-14(19)16-10(7-13(17)18)9-4-5-11-12(6-9)21-8-20-11/h4-6,10H,7-8H2,1-3H3,(H,16,19)(H,17,18). The number of amides is 1. The number of hydrogen-bond donors (Lipinski definition) is 2. The quantitative estimate of drug-likeness (QED) is 0.887. The smallest absolute Gasteiger partial charge is 0.408 e. The number of fused-ring (bicyclic) bond motifs is 1. The van der Waals surface area contributed by atoms with Crippen LogP contribution in [0.5, 0.6) is 11.5 Å². The molecule has 2 N–H and O–H groups in total. The Labute approximate surface area is 128 Å². The Kier molecular flexibility index (Phi) is 4.44. The van der Waals surface area contributed by atoms with Gasteiger partial charge in [0, 0.05) is 0 Å². The number of benzene rings is 1. The normalized spacial score (nSPS) is 14.3. The maximum Gasteiger partial charge on any atom is 0.408 e. The Bertz CT molecular complexity index is 578. The minimum atomic E-state index is -1.03. The molecule has 1 atom stereocenters. The highest BCUT2D eigenvalue weighted by Crippen LogP contribution is 2.34. The molecule has 0 saturated carbocycles. The summed E-state index contributed by atoms with van der Waals surface area (Å²) in [5.41, 5.74) is -0.0512. The van der Waals surface area contributed by atoms with E-state index in [0.717, 1.165) is 0 Å². The second-order valence-corrected chi connectivity index (χ2v) is 5.91. The first-order chi connectivity index (χ1) is 10.2. The first-order valence-corrected chi connectivity index (χ1v) is 6.85. The number of hydrogen-bond acceptors (Lipinski definition) is 5. The third-order valence-electron chi connectivity index (χ3n) is 2.87. The van der Waals surface area contributed by atoms with Crippen molar-refractivity contribution in [3.63, 3.8) is 0 Å². The lowest BCUT2D eigenvalue weighted by Crippen LogP contribution is -2.35. The summed E-state index contributed by atoms with van der Waals surface area (Å²) in [7, 11) is 0. The topological polar surface area (TPSA) is 94.1 Å². The van der Waals surface area contributed by atoms with Gasteiger partial charge in [-0.25, -0.2) is 4.79 Å². The van der Waals surface area contributed by atoms with Crippen LogP contribution in [0, 0.1) is 0 Å². The van der Waals surface area contributed by atoms with Gasteiger partial charge in [-0.05, 0) is 38.5 Å². The van der Waals surface area contributed by atoms with E-state index in [2.05, 4.69) is 5.32 Å². The van der Waals surface area contributed by atoms with Crippen LogP contribution < -0.4 is 14.8 Å². The SMILES string of the molecule is CC(C)(C)OC(=O)NC(CC(=O)O)c1ccc2c(c1)OCO2. The van der Waals surface area contributed by atoms with Gasteiger partial charge in [0.15, 0.2) is 11.5 Å².